The van der Waals surface area contributed by atoms with Gasteiger partial charge in [0, 0.05) is 17.3 Å². The predicted octanol–water partition coefficient (Wildman–Crippen LogP) is 3.98. The zero-order chi connectivity index (χ0) is 18.7. The summed E-state index contributed by atoms with van der Waals surface area (Å²) in [6.07, 6.45) is 1.65. The van der Waals surface area contributed by atoms with Crippen LogP contribution in [0, 0.1) is 6.92 Å². The van der Waals surface area contributed by atoms with Gasteiger partial charge in [0.25, 0.3) is 10.0 Å². The first-order chi connectivity index (χ1) is 12.4. The molecule has 3 rings (SSSR count). The summed E-state index contributed by atoms with van der Waals surface area (Å²) in [6, 6.07) is 11.5. The van der Waals surface area contributed by atoms with Gasteiger partial charge < -0.3 is 9.84 Å². The van der Waals surface area contributed by atoms with Crippen LogP contribution in [0.2, 0.25) is 0 Å². The number of carboxylic acid groups (broad SMARTS) is 1. The van der Waals surface area contributed by atoms with E-state index in [0.717, 1.165) is 16.9 Å². The quantitative estimate of drug-likeness (QED) is 0.639. The third-order valence-electron chi connectivity index (χ3n) is 3.47. The number of pyridine rings is 1. The van der Waals surface area contributed by atoms with Crippen molar-refractivity contribution in [3.63, 3.8) is 0 Å². The Balaban J connectivity index is 2.02. The number of hydrogen-bond acceptors (Lipinski definition) is 6. The fourth-order valence-corrected chi connectivity index (χ4v) is 4.65. The average Bonchev–Trinajstić information content (AvgIpc) is 2.97. The van der Waals surface area contributed by atoms with E-state index in [1.807, 2.05) is 0 Å². The number of aryl methyl sites for hydroxylation is 1. The molecule has 0 spiro atoms. The van der Waals surface area contributed by atoms with Gasteiger partial charge in [-0.1, -0.05) is 29.5 Å². The highest BCUT2D eigenvalue weighted by Crippen LogP contribution is 2.41. The minimum atomic E-state index is -3.90. The fourth-order valence-electron chi connectivity index (χ4n) is 2.32. The lowest BCUT2D eigenvalue weighted by atomic mass is 10.2. The molecule has 7 nitrogen and oxygen atoms in total. The molecule has 26 heavy (non-hydrogen) atoms. The van der Waals surface area contributed by atoms with Gasteiger partial charge in [-0.3, -0.25) is 9.71 Å². The standard InChI is InChI=1S/C17H14N2O5S2/c1-11-4-2-3-5-15(11)26(22,23)19-13-10-14(12-6-8-18-9-7-12)25-16(13)24-17(20)21/h2-10,19H,1H3,(H,20,21). The van der Waals surface area contributed by atoms with E-state index in [9.17, 15) is 13.2 Å². The normalized spacial score (nSPS) is 11.1. The summed E-state index contributed by atoms with van der Waals surface area (Å²) in [5.74, 6) is 0. The third kappa shape index (κ3) is 3.84. The Hall–Kier alpha value is -2.91. The summed E-state index contributed by atoms with van der Waals surface area (Å²) in [5, 5.41) is 8.87. The second kappa shape index (κ2) is 7.14. The molecule has 0 fully saturated rings. The topological polar surface area (TPSA) is 106 Å². The van der Waals surface area contributed by atoms with Crippen LogP contribution in [0.3, 0.4) is 0 Å². The monoisotopic (exact) mass is 390 g/mol. The van der Waals surface area contributed by atoms with Crippen LogP contribution in [0.1, 0.15) is 5.56 Å². The van der Waals surface area contributed by atoms with Crippen LogP contribution >= 0.6 is 11.3 Å². The Labute approximate surface area is 154 Å². The summed E-state index contributed by atoms with van der Waals surface area (Å²) < 4.78 is 32.5. The molecule has 0 amide bonds. The van der Waals surface area contributed by atoms with Crippen LogP contribution in [0.25, 0.3) is 10.4 Å². The van der Waals surface area contributed by atoms with Crippen LogP contribution in [0.5, 0.6) is 5.06 Å². The Morgan fingerprint density at radius 3 is 2.54 bits per heavy atom. The third-order valence-corrected chi connectivity index (χ3v) is 6.06. The summed E-state index contributed by atoms with van der Waals surface area (Å²) in [4.78, 5) is 15.6. The molecule has 0 atom stereocenters. The highest BCUT2D eigenvalue weighted by molar-refractivity contribution is 7.92. The zero-order valence-electron chi connectivity index (χ0n) is 13.5. The highest BCUT2D eigenvalue weighted by atomic mass is 32.2. The molecule has 0 aliphatic rings. The lowest BCUT2D eigenvalue weighted by Crippen LogP contribution is -2.15. The van der Waals surface area contributed by atoms with E-state index in [0.29, 0.717) is 10.4 Å². The summed E-state index contributed by atoms with van der Waals surface area (Å²) in [7, 11) is -3.90. The second-order valence-electron chi connectivity index (χ2n) is 5.29. The van der Waals surface area contributed by atoms with E-state index in [-0.39, 0.29) is 15.6 Å². The number of nitrogens with zero attached hydrogens (tertiary/aromatic N) is 1. The zero-order valence-corrected chi connectivity index (χ0v) is 15.2. The van der Waals surface area contributed by atoms with Crippen molar-refractivity contribution in [2.75, 3.05) is 4.72 Å². The van der Waals surface area contributed by atoms with Gasteiger partial charge in [0.15, 0.2) is 0 Å². The summed E-state index contributed by atoms with van der Waals surface area (Å²) in [5.41, 5.74) is 1.40. The first-order valence-electron chi connectivity index (χ1n) is 7.40. The smallest absolute Gasteiger partial charge is 0.449 e. The number of hydrogen-bond donors (Lipinski definition) is 2. The van der Waals surface area contributed by atoms with Crippen molar-refractivity contribution in [2.45, 2.75) is 11.8 Å². The Kier molecular flexibility index (Phi) is 4.92. The van der Waals surface area contributed by atoms with E-state index >= 15 is 0 Å². The molecule has 1 aromatic carbocycles. The molecule has 0 bridgehead atoms. The fraction of sp³-hybridized carbons (Fsp3) is 0.0588. The predicted molar refractivity (Wildman–Crippen MR) is 98.2 cm³/mol. The number of carbonyl (C=O) groups is 1. The molecule has 0 saturated heterocycles. The Bertz CT molecular complexity index is 1050. The molecule has 134 valence electrons. The first-order valence-corrected chi connectivity index (χ1v) is 9.70. The van der Waals surface area contributed by atoms with Gasteiger partial charge in [0.05, 0.1) is 4.90 Å². The largest absolute Gasteiger partial charge is 0.512 e. The van der Waals surface area contributed by atoms with Crippen molar-refractivity contribution in [3.05, 3.63) is 60.4 Å². The minimum absolute atomic E-state index is 0.0542. The lowest BCUT2D eigenvalue weighted by molar-refractivity contribution is 0.146. The Morgan fingerprint density at radius 2 is 1.88 bits per heavy atom. The van der Waals surface area contributed by atoms with Gasteiger partial charge in [-0.05, 0) is 42.3 Å². The number of thiophene rings is 1. The van der Waals surface area contributed by atoms with Crippen molar-refractivity contribution in [2.24, 2.45) is 0 Å². The molecule has 2 N–H and O–H groups in total. The average molecular weight is 390 g/mol. The number of nitrogens with one attached hydrogen (secondary N) is 1. The maximum absolute atomic E-state index is 12.7. The molecule has 0 saturated carbocycles. The lowest BCUT2D eigenvalue weighted by Gasteiger charge is -2.10. The summed E-state index contributed by atoms with van der Waals surface area (Å²) in [6.45, 7) is 1.68. The number of sulfonamides is 1. The molecular formula is C17H14N2O5S2. The van der Waals surface area contributed by atoms with Crippen LogP contribution in [0.15, 0.2) is 59.8 Å². The van der Waals surface area contributed by atoms with Gasteiger partial charge >= 0.3 is 6.16 Å². The van der Waals surface area contributed by atoms with Gasteiger partial charge in [-0.2, -0.15) is 0 Å². The van der Waals surface area contributed by atoms with Crippen molar-refractivity contribution in [1.82, 2.24) is 4.98 Å². The van der Waals surface area contributed by atoms with Gasteiger partial charge in [0.2, 0.25) is 5.06 Å². The number of benzene rings is 1. The molecule has 0 unspecified atom stereocenters. The highest BCUT2D eigenvalue weighted by Gasteiger charge is 2.22. The van der Waals surface area contributed by atoms with Crippen LogP contribution in [-0.2, 0) is 10.0 Å². The Morgan fingerprint density at radius 1 is 1.19 bits per heavy atom. The maximum atomic E-state index is 12.7. The number of rotatable bonds is 5. The molecule has 3 aromatic rings. The number of ether oxygens (including phenoxy) is 1. The van der Waals surface area contributed by atoms with Gasteiger partial charge in [-0.25, -0.2) is 13.2 Å². The number of anilines is 1. The van der Waals surface area contributed by atoms with E-state index in [1.54, 1.807) is 49.6 Å². The molecule has 0 radical (unpaired) electrons. The van der Waals surface area contributed by atoms with Crippen molar-refractivity contribution in [3.8, 4) is 15.5 Å². The molecule has 9 heteroatoms. The van der Waals surface area contributed by atoms with Gasteiger partial charge in [-0.15, -0.1) is 0 Å². The molecule has 2 aromatic heterocycles. The maximum Gasteiger partial charge on any atom is 0.512 e. The SMILES string of the molecule is Cc1ccccc1S(=O)(=O)Nc1cc(-c2ccncc2)sc1OC(=O)O. The molecular weight excluding hydrogens is 376 g/mol. The molecule has 0 aliphatic heterocycles. The minimum Gasteiger partial charge on any atom is -0.449 e. The van der Waals surface area contributed by atoms with E-state index in [4.69, 9.17) is 9.84 Å². The van der Waals surface area contributed by atoms with Crippen molar-refractivity contribution >= 4 is 33.2 Å². The first kappa shape index (κ1) is 17.9. The van der Waals surface area contributed by atoms with Crippen LogP contribution in [0.4, 0.5) is 10.5 Å². The molecule has 0 aliphatic carbocycles. The van der Waals surface area contributed by atoms with E-state index in [1.165, 1.54) is 12.1 Å². The second-order valence-corrected chi connectivity index (χ2v) is 7.95. The van der Waals surface area contributed by atoms with Crippen LogP contribution < -0.4 is 9.46 Å². The van der Waals surface area contributed by atoms with Gasteiger partial charge in [0.1, 0.15) is 5.69 Å². The number of aromatic nitrogens is 1. The van der Waals surface area contributed by atoms with E-state index < -0.39 is 16.2 Å². The van der Waals surface area contributed by atoms with Crippen molar-refractivity contribution < 1.29 is 23.1 Å². The van der Waals surface area contributed by atoms with Crippen LogP contribution in [-0.4, -0.2) is 24.7 Å². The van der Waals surface area contributed by atoms with E-state index in [2.05, 4.69) is 9.71 Å². The van der Waals surface area contributed by atoms with Crippen molar-refractivity contribution in [1.29, 1.82) is 0 Å². The summed E-state index contributed by atoms with van der Waals surface area (Å²) >= 11 is 1.02. The molecule has 2 heterocycles.